The third-order valence-corrected chi connectivity index (χ3v) is 6.01. The van der Waals surface area contributed by atoms with Gasteiger partial charge in [-0.3, -0.25) is 4.98 Å². The van der Waals surface area contributed by atoms with Gasteiger partial charge in [0.1, 0.15) is 0 Å². The molecule has 1 aromatic heterocycles. The number of rotatable bonds is 8. The summed E-state index contributed by atoms with van der Waals surface area (Å²) in [7, 11) is -7.43. The van der Waals surface area contributed by atoms with Crippen LogP contribution in [0.3, 0.4) is 0 Å². The number of hydrogen-bond acceptors (Lipinski definition) is 5. The molecule has 1 aromatic carbocycles. The van der Waals surface area contributed by atoms with Crippen molar-refractivity contribution in [3.05, 3.63) is 59.4 Å². The smallest absolute Gasteiger partial charge is 0.240 e. The third kappa shape index (κ3) is 5.84. The lowest BCUT2D eigenvalue weighted by atomic mass is 10.3. The molecule has 7 nitrogen and oxygen atoms in total. The highest BCUT2D eigenvalue weighted by molar-refractivity contribution is 7.90. The van der Waals surface area contributed by atoms with Crippen LogP contribution in [0.5, 0.6) is 0 Å². The van der Waals surface area contributed by atoms with Crippen molar-refractivity contribution in [2.24, 2.45) is 0 Å². The topological polar surface area (TPSA) is 105 Å². The Morgan fingerprint density at radius 2 is 1.83 bits per heavy atom. The van der Waals surface area contributed by atoms with Crippen LogP contribution in [0.15, 0.2) is 53.7 Å². The Bertz CT molecular complexity index is 887. The van der Waals surface area contributed by atoms with Crippen molar-refractivity contribution in [3.63, 3.8) is 0 Å². The Morgan fingerprint density at radius 1 is 1.04 bits per heavy atom. The molecule has 0 radical (unpaired) electrons. The summed E-state index contributed by atoms with van der Waals surface area (Å²) in [5, 5.41) is 0.281. The zero-order chi connectivity index (χ0) is 17.6. The van der Waals surface area contributed by atoms with Crippen LogP contribution in [-0.2, 0) is 26.6 Å². The molecule has 0 saturated heterocycles. The molecule has 0 amide bonds. The van der Waals surface area contributed by atoms with Crippen molar-refractivity contribution < 1.29 is 16.8 Å². The summed E-state index contributed by atoms with van der Waals surface area (Å²) in [4.78, 5) is 3.87. The van der Waals surface area contributed by atoms with Crippen LogP contribution in [0.1, 0.15) is 5.56 Å². The van der Waals surface area contributed by atoms with Gasteiger partial charge >= 0.3 is 0 Å². The first-order valence-electron chi connectivity index (χ1n) is 6.90. The summed E-state index contributed by atoms with van der Waals surface area (Å²) < 4.78 is 52.5. The van der Waals surface area contributed by atoms with Gasteiger partial charge in [-0.2, -0.15) is 0 Å². The van der Waals surface area contributed by atoms with Gasteiger partial charge in [-0.25, -0.2) is 26.3 Å². The Labute approximate surface area is 146 Å². The van der Waals surface area contributed by atoms with Crippen molar-refractivity contribution in [1.82, 2.24) is 14.4 Å². The molecule has 2 rings (SSSR count). The van der Waals surface area contributed by atoms with Gasteiger partial charge in [0.15, 0.2) is 0 Å². The maximum Gasteiger partial charge on any atom is 0.240 e. The summed E-state index contributed by atoms with van der Waals surface area (Å²) in [6, 6.07) is 9.15. The minimum Gasteiger partial charge on any atom is -0.264 e. The van der Waals surface area contributed by atoms with E-state index in [0.29, 0.717) is 5.56 Å². The Kier molecular flexibility index (Phi) is 6.30. The van der Waals surface area contributed by atoms with Gasteiger partial charge in [-0.1, -0.05) is 23.7 Å². The van der Waals surface area contributed by atoms with E-state index in [9.17, 15) is 16.8 Å². The van der Waals surface area contributed by atoms with Gasteiger partial charge in [-0.15, -0.1) is 0 Å². The molecule has 0 saturated carbocycles. The molecular weight excluding hydrogens is 374 g/mol. The number of halogens is 1. The average molecular weight is 390 g/mol. The maximum absolute atomic E-state index is 12.1. The predicted octanol–water partition coefficient (Wildman–Crippen LogP) is 1.13. The minimum atomic E-state index is -3.81. The molecule has 0 aliphatic heterocycles. The van der Waals surface area contributed by atoms with Gasteiger partial charge in [0, 0.05) is 30.5 Å². The molecule has 0 atom stereocenters. The Morgan fingerprint density at radius 3 is 2.50 bits per heavy atom. The molecule has 1 heterocycles. The second kappa shape index (κ2) is 8.04. The molecule has 0 bridgehead atoms. The summed E-state index contributed by atoms with van der Waals surface area (Å²) in [6.07, 6.45) is 3.13. The lowest BCUT2D eigenvalue weighted by Crippen LogP contribution is -2.34. The molecule has 10 heteroatoms. The number of pyridine rings is 1. The fourth-order valence-corrected chi connectivity index (χ4v) is 4.16. The quantitative estimate of drug-likeness (QED) is 0.704. The minimum absolute atomic E-state index is 0.0179. The van der Waals surface area contributed by atoms with Gasteiger partial charge in [-0.05, 0) is 29.8 Å². The van der Waals surface area contributed by atoms with Crippen molar-refractivity contribution in [2.75, 3.05) is 12.3 Å². The van der Waals surface area contributed by atoms with Crippen LogP contribution < -0.4 is 9.44 Å². The molecule has 0 unspecified atom stereocenters. The highest BCUT2D eigenvalue weighted by atomic mass is 35.5. The Hall–Kier alpha value is -1.52. The summed E-state index contributed by atoms with van der Waals surface area (Å²) in [5.41, 5.74) is 0.709. The second-order valence-electron chi connectivity index (χ2n) is 4.86. The summed E-state index contributed by atoms with van der Waals surface area (Å²) in [5.74, 6) is -0.382. The molecule has 2 N–H and O–H groups in total. The average Bonchev–Trinajstić information content (AvgIpc) is 2.54. The van der Waals surface area contributed by atoms with E-state index < -0.39 is 20.0 Å². The van der Waals surface area contributed by atoms with E-state index in [4.69, 9.17) is 11.6 Å². The van der Waals surface area contributed by atoms with Crippen LogP contribution >= 0.6 is 11.6 Å². The summed E-state index contributed by atoms with van der Waals surface area (Å²) >= 11 is 5.75. The zero-order valence-corrected chi connectivity index (χ0v) is 14.9. The van der Waals surface area contributed by atoms with Crippen molar-refractivity contribution in [1.29, 1.82) is 0 Å². The number of nitrogens with zero attached hydrogens (tertiary/aromatic N) is 1. The number of nitrogens with one attached hydrogen (secondary N) is 2. The SMILES string of the molecule is O=S(=O)(CCNS(=O)(=O)c1cccc(Cl)c1)NCc1cccnc1. The monoisotopic (exact) mass is 389 g/mol. The maximum atomic E-state index is 12.1. The predicted molar refractivity (Wildman–Crippen MR) is 91.5 cm³/mol. The van der Waals surface area contributed by atoms with Crippen LogP contribution in [-0.4, -0.2) is 34.1 Å². The van der Waals surface area contributed by atoms with E-state index in [-0.39, 0.29) is 28.8 Å². The van der Waals surface area contributed by atoms with Crippen molar-refractivity contribution in [2.45, 2.75) is 11.4 Å². The van der Waals surface area contributed by atoms with E-state index in [0.717, 1.165) is 0 Å². The normalized spacial score (nSPS) is 12.2. The van der Waals surface area contributed by atoms with Crippen LogP contribution in [0, 0.1) is 0 Å². The van der Waals surface area contributed by atoms with Crippen LogP contribution in [0.25, 0.3) is 0 Å². The number of sulfonamides is 2. The van der Waals surface area contributed by atoms with E-state index in [1.807, 2.05) is 0 Å². The Balaban J connectivity index is 1.88. The molecule has 130 valence electrons. The van der Waals surface area contributed by atoms with Gasteiger partial charge in [0.25, 0.3) is 0 Å². The molecule has 0 aliphatic rings. The largest absolute Gasteiger partial charge is 0.264 e. The fourth-order valence-electron chi connectivity index (χ4n) is 1.80. The third-order valence-electron chi connectivity index (χ3n) is 2.99. The first kappa shape index (κ1) is 18.8. The standard InChI is InChI=1S/C14H16ClN3O4S2/c15-13-4-1-5-14(9-13)24(21,22)17-7-8-23(19,20)18-11-12-3-2-6-16-10-12/h1-6,9-10,17-18H,7-8,11H2. The lowest BCUT2D eigenvalue weighted by molar-refractivity contribution is 0.575. The van der Waals surface area contributed by atoms with Gasteiger partial charge in [0.05, 0.1) is 10.6 Å². The molecule has 24 heavy (non-hydrogen) atoms. The highest BCUT2D eigenvalue weighted by Crippen LogP contribution is 2.14. The molecule has 0 spiro atoms. The molecule has 2 aromatic rings. The van der Waals surface area contributed by atoms with E-state index in [1.165, 1.54) is 18.2 Å². The number of hydrogen-bond donors (Lipinski definition) is 2. The van der Waals surface area contributed by atoms with Crippen LogP contribution in [0.2, 0.25) is 5.02 Å². The first-order chi connectivity index (χ1) is 11.3. The fraction of sp³-hybridized carbons (Fsp3) is 0.214. The summed E-state index contributed by atoms with van der Waals surface area (Å²) in [6.45, 7) is -0.158. The zero-order valence-electron chi connectivity index (χ0n) is 12.5. The second-order valence-corrected chi connectivity index (χ2v) is 8.99. The van der Waals surface area contributed by atoms with E-state index in [2.05, 4.69) is 14.4 Å². The van der Waals surface area contributed by atoms with Crippen LogP contribution in [0.4, 0.5) is 0 Å². The molecule has 0 aliphatic carbocycles. The van der Waals surface area contributed by atoms with E-state index >= 15 is 0 Å². The van der Waals surface area contributed by atoms with E-state index in [1.54, 1.807) is 30.6 Å². The molecular formula is C14H16ClN3O4S2. The highest BCUT2D eigenvalue weighted by Gasteiger charge is 2.16. The van der Waals surface area contributed by atoms with Crippen molar-refractivity contribution in [3.8, 4) is 0 Å². The molecule has 0 fully saturated rings. The first-order valence-corrected chi connectivity index (χ1v) is 10.4. The van der Waals surface area contributed by atoms with Gasteiger partial charge in [0.2, 0.25) is 20.0 Å². The number of benzene rings is 1. The number of aromatic nitrogens is 1. The van der Waals surface area contributed by atoms with Crippen molar-refractivity contribution >= 4 is 31.6 Å². The van der Waals surface area contributed by atoms with Gasteiger partial charge < -0.3 is 0 Å². The lowest BCUT2D eigenvalue weighted by Gasteiger charge is -2.09.